The molecular weight excluding hydrogens is 334 g/mol. The van der Waals surface area contributed by atoms with Gasteiger partial charge in [-0.15, -0.1) is 0 Å². The number of aromatic nitrogens is 1. The SMILES string of the molecule is COc1ccc(C(=O)NCC(=O)N(C)CCc2ccncc2)cc1OC. The van der Waals surface area contributed by atoms with Crippen molar-refractivity contribution in [2.45, 2.75) is 6.42 Å². The zero-order valence-corrected chi connectivity index (χ0v) is 15.2. The molecule has 0 radical (unpaired) electrons. The lowest BCUT2D eigenvalue weighted by molar-refractivity contribution is -0.128. The average molecular weight is 357 g/mol. The van der Waals surface area contributed by atoms with Crippen molar-refractivity contribution in [1.82, 2.24) is 15.2 Å². The van der Waals surface area contributed by atoms with Crippen LogP contribution >= 0.6 is 0 Å². The van der Waals surface area contributed by atoms with Crippen LogP contribution in [0.25, 0.3) is 0 Å². The van der Waals surface area contributed by atoms with Crippen LogP contribution < -0.4 is 14.8 Å². The van der Waals surface area contributed by atoms with Crippen LogP contribution in [-0.4, -0.2) is 56.1 Å². The van der Waals surface area contributed by atoms with Crippen molar-refractivity contribution in [3.8, 4) is 11.5 Å². The van der Waals surface area contributed by atoms with Crippen molar-refractivity contribution >= 4 is 11.8 Å². The highest BCUT2D eigenvalue weighted by molar-refractivity contribution is 5.97. The Morgan fingerprint density at radius 3 is 2.42 bits per heavy atom. The van der Waals surface area contributed by atoms with Gasteiger partial charge in [0.05, 0.1) is 20.8 Å². The minimum Gasteiger partial charge on any atom is -0.493 e. The highest BCUT2D eigenvalue weighted by Gasteiger charge is 2.14. The predicted molar refractivity (Wildman–Crippen MR) is 97.5 cm³/mol. The fraction of sp³-hybridized carbons (Fsp3) is 0.316. The minimum absolute atomic E-state index is 0.0694. The van der Waals surface area contributed by atoms with Crippen molar-refractivity contribution in [1.29, 1.82) is 0 Å². The van der Waals surface area contributed by atoms with Crippen LogP contribution in [-0.2, 0) is 11.2 Å². The summed E-state index contributed by atoms with van der Waals surface area (Å²) in [6.07, 6.45) is 4.18. The van der Waals surface area contributed by atoms with E-state index in [0.29, 0.717) is 23.6 Å². The molecule has 0 bridgehead atoms. The molecule has 0 spiro atoms. The lowest BCUT2D eigenvalue weighted by atomic mass is 10.2. The number of ether oxygens (including phenoxy) is 2. The Morgan fingerprint density at radius 2 is 1.77 bits per heavy atom. The molecule has 0 unspecified atom stereocenters. The lowest BCUT2D eigenvalue weighted by Crippen LogP contribution is -2.39. The first kappa shape index (κ1) is 19.2. The van der Waals surface area contributed by atoms with E-state index in [1.807, 2.05) is 12.1 Å². The van der Waals surface area contributed by atoms with Gasteiger partial charge in [0.1, 0.15) is 0 Å². The number of carbonyl (C=O) groups excluding carboxylic acids is 2. The fourth-order valence-corrected chi connectivity index (χ4v) is 2.34. The molecule has 2 amide bonds. The summed E-state index contributed by atoms with van der Waals surface area (Å²) in [6, 6.07) is 8.67. The van der Waals surface area contributed by atoms with Crippen LogP contribution in [0.5, 0.6) is 11.5 Å². The largest absolute Gasteiger partial charge is 0.493 e. The van der Waals surface area contributed by atoms with Crippen LogP contribution in [0.1, 0.15) is 15.9 Å². The number of benzene rings is 1. The van der Waals surface area contributed by atoms with Gasteiger partial charge in [0.15, 0.2) is 11.5 Å². The third-order valence-electron chi connectivity index (χ3n) is 3.96. The van der Waals surface area contributed by atoms with Crippen molar-refractivity contribution in [3.63, 3.8) is 0 Å². The molecule has 0 aliphatic carbocycles. The number of amides is 2. The molecule has 0 fully saturated rings. The molecule has 0 atom stereocenters. The molecule has 0 aliphatic heterocycles. The van der Waals surface area contributed by atoms with Gasteiger partial charge in [0, 0.05) is 31.5 Å². The quantitative estimate of drug-likeness (QED) is 0.775. The summed E-state index contributed by atoms with van der Waals surface area (Å²) >= 11 is 0. The van der Waals surface area contributed by atoms with E-state index < -0.39 is 0 Å². The second-order valence-electron chi connectivity index (χ2n) is 5.67. The number of methoxy groups -OCH3 is 2. The van der Waals surface area contributed by atoms with Crippen LogP contribution in [0.15, 0.2) is 42.7 Å². The predicted octanol–water partition coefficient (Wildman–Crippen LogP) is 1.53. The molecule has 1 N–H and O–H groups in total. The number of nitrogens with one attached hydrogen (secondary N) is 1. The van der Waals surface area contributed by atoms with Gasteiger partial charge in [-0.1, -0.05) is 0 Å². The molecule has 7 heteroatoms. The van der Waals surface area contributed by atoms with Gasteiger partial charge in [-0.05, 0) is 42.3 Å². The molecule has 2 aromatic rings. The summed E-state index contributed by atoms with van der Waals surface area (Å²) in [4.78, 5) is 30.0. The molecule has 7 nitrogen and oxygen atoms in total. The van der Waals surface area contributed by atoms with Crippen molar-refractivity contribution in [2.24, 2.45) is 0 Å². The monoisotopic (exact) mass is 357 g/mol. The van der Waals surface area contributed by atoms with E-state index in [0.717, 1.165) is 12.0 Å². The second-order valence-corrected chi connectivity index (χ2v) is 5.67. The van der Waals surface area contributed by atoms with E-state index in [1.54, 1.807) is 42.5 Å². The highest BCUT2D eigenvalue weighted by atomic mass is 16.5. The minimum atomic E-state index is -0.346. The number of rotatable bonds is 8. The summed E-state index contributed by atoms with van der Waals surface area (Å²) in [5.74, 6) is 0.492. The van der Waals surface area contributed by atoms with E-state index in [2.05, 4.69) is 10.3 Å². The van der Waals surface area contributed by atoms with Crippen LogP contribution in [0.4, 0.5) is 0 Å². The van der Waals surface area contributed by atoms with Gasteiger partial charge in [-0.3, -0.25) is 14.6 Å². The highest BCUT2D eigenvalue weighted by Crippen LogP contribution is 2.27. The van der Waals surface area contributed by atoms with Gasteiger partial charge < -0.3 is 19.7 Å². The Kier molecular flexibility index (Phi) is 6.96. The first-order valence-electron chi connectivity index (χ1n) is 8.18. The number of carbonyl (C=O) groups is 2. The second kappa shape index (κ2) is 9.41. The Morgan fingerprint density at radius 1 is 1.08 bits per heavy atom. The van der Waals surface area contributed by atoms with Crippen LogP contribution in [0, 0.1) is 0 Å². The van der Waals surface area contributed by atoms with E-state index >= 15 is 0 Å². The summed E-state index contributed by atoms with van der Waals surface area (Å²) in [7, 11) is 4.74. The van der Waals surface area contributed by atoms with E-state index in [1.165, 1.54) is 14.2 Å². The first-order chi connectivity index (χ1) is 12.5. The van der Waals surface area contributed by atoms with Gasteiger partial charge in [0.25, 0.3) is 5.91 Å². The molecule has 26 heavy (non-hydrogen) atoms. The van der Waals surface area contributed by atoms with Crippen molar-refractivity contribution < 1.29 is 19.1 Å². The Balaban J connectivity index is 1.85. The van der Waals surface area contributed by atoms with E-state index in [4.69, 9.17) is 9.47 Å². The summed E-state index contributed by atoms with van der Waals surface area (Å²) in [5.41, 5.74) is 1.50. The van der Waals surface area contributed by atoms with Crippen LogP contribution in [0.2, 0.25) is 0 Å². The lowest BCUT2D eigenvalue weighted by Gasteiger charge is -2.17. The number of nitrogens with zero attached hydrogens (tertiary/aromatic N) is 2. The molecule has 0 saturated carbocycles. The zero-order chi connectivity index (χ0) is 18.9. The van der Waals surface area contributed by atoms with Gasteiger partial charge in [0.2, 0.25) is 5.91 Å². The first-order valence-corrected chi connectivity index (χ1v) is 8.18. The maximum atomic E-state index is 12.2. The van der Waals surface area contributed by atoms with Crippen LogP contribution in [0.3, 0.4) is 0 Å². The smallest absolute Gasteiger partial charge is 0.251 e. The Bertz CT molecular complexity index is 750. The number of hydrogen-bond acceptors (Lipinski definition) is 5. The number of pyridine rings is 1. The van der Waals surface area contributed by atoms with Gasteiger partial charge >= 0.3 is 0 Å². The molecule has 0 aliphatic rings. The van der Waals surface area contributed by atoms with Crippen molar-refractivity contribution in [2.75, 3.05) is 34.4 Å². The summed E-state index contributed by atoms with van der Waals surface area (Å²) in [6.45, 7) is 0.495. The maximum Gasteiger partial charge on any atom is 0.251 e. The normalized spacial score (nSPS) is 10.1. The van der Waals surface area contributed by atoms with E-state index in [9.17, 15) is 9.59 Å². The standard InChI is InChI=1S/C19H23N3O4/c1-22(11-8-14-6-9-20-10-7-14)18(23)13-21-19(24)15-4-5-16(25-2)17(12-15)26-3/h4-7,9-10,12H,8,11,13H2,1-3H3,(H,21,24). The van der Waals surface area contributed by atoms with Gasteiger partial charge in [-0.25, -0.2) is 0 Å². The number of hydrogen-bond donors (Lipinski definition) is 1. The molecule has 138 valence electrons. The molecule has 1 heterocycles. The summed E-state index contributed by atoms with van der Waals surface area (Å²) in [5, 5.41) is 2.63. The van der Waals surface area contributed by atoms with Crippen molar-refractivity contribution in [3.05, 3.63) is 53.9 Å². The van der Waals surface area contributed by atoms with Gasteiger partial charge in [-0.2, -0.15) is 0 Å². The fourth-order valence-electron chi connectivity index (χ4n) is 2.34. The topological polar surface area (TPSA) is 80.8 Å². The zero-order valence-electron chi connectivity index (χ0n) is 15.2. The number of likely N-dealkylation sites (N-methyl/N-ethyl adjacent to an activating group) is 1. The van der Waals surface area contributed by atoms with E-state index in [-0.39, 0.29) is 18.4 Å². The molecule has 1 aromatic heterocycles. The third-order valence-corrected chi connectivity index (χ3v) is 3.96. The molecular formula is C19H23N3O4. The third kappa shape index (κ3) is 5.20. The Labute approximate surface area is 152 Å². The maximum absolute atomic E-state index is 12.2. The molecule has 1 aromatic carbocycles. The Hall–Kier alpha value is -3.09. The molecule has 2 rings (SSSR count). The summed E-state index contributed by atoms with van der Waals surface area (Å²) < 4.78 is 10.3. The molecule has 0 saturated heterocycles. The average Bonchev–Trinajstić information content (AvgIpc) is 2.69.